The quantitative estimate of drug-likeness (QED) is 0.423. The van der Waals surface area contributed by atoms with Crippen molar-refractivity contribution in [3.05, 3.63) is 72.3 Å². The van der Waals surface area contributed by atoms with Crippen molar-refractivity contribution in [2.45, 2.75) is 38.5 Å². The van der Waals surface area contributed by atoms with Crippen molar-refractivity contribution in [2.24, 2.45) is 0 Å². The predicted octanol–water partition coefficient (Wildman–Crippen LogP) is 2.47. The number of aliphatic hydroxyl groups excluding tert-OH is 1. The van der Waals surface area contributed by atoms with E-state index in [1.165, 1.54) is 32.4 Å². The van der Waals surface area contributed by atoms with E-state index >= 15 is 0 Å². The molecule has 4 aromatic rings. The van der Waals surface area contributed by atoms with Crippen LogP contribution in [-0.2, 0) is 13.1 Å². The van der Waals surface area contributed by atoms with Gasteiger partial charge in [0.05, 0.1) is 13.1 Å². The van der Waals surface area contributed by atoms with Crippen LogP contribution in [0.5, 0.6) is 0 Å². The van der Waals surface area contributed by atoms with Crippen LogP contribution in [0.3, 0.4) is 0 Å². The highest BCUT2D eigenvalue weighted by molar-refractivity contribution is 5.86. The van der Waals surface area contributed by atoms with Gasteiger partial charge < -0.3 is 10.0 Å². The first kappa shape index (κ1) is 20.0. The highest BCUT2D eigenvalue weighted by Crippen LogP contribution is 2.25. The van der Waals surface area contributed by atoms with Crippen molar-refractivity contribution in [3.8, 4) is 0 Å². The summed E-state index contributed by atoms with van der Waals surface area (Å²) in [7, 11) is 0. The number of benzene rings is 3. The van der Waals surface area contributed by atoms with Crippen LogP contribution in [0.25, 0.3) is 21.8 Å². The number of nitrogen functional groups attached to an aromatic ring is 1. The van der Waals surface area contributed by atoms with E-state index in [9.17, 15) is 5.11 Å². The van der Waals surface area contributed by atoms with E-state index in [2.05, 4.69) is 45.5 Å². The van der Waals surface area contributed by atoms with Crippen molar-refractivity contribution in [1.29, 1.82) is 0 Å². The second kappa shape index (κ2) is 8.69. The standard InChI is InChI=1S/C26H30N4O/c27-26-29(18-17-28-15-6-1-7-16-28)23-13-4-5-14-24(23)30(26)19-25(31)22-12-8-10-20-9-2-3-11-21(20)22/h2-5,8-14,25,27,31H,1,6-7,15-19H2/p+2/t25-/m1/s1. The third-order valence-corrected chi connectivity index (χ3v) is 6.80. The van der Waals surface area contributed by atoms with E-state index in [0.717, 1.165) is 46.4 Å². The Morgan fingerprint density at radius 1 is 0.935 bits per heavy atom. The van der Waals surface area contributed by atoms with Gasteiger partial charge in [0.25, 0.3) is 0 Å². The zero-order valence-electron chi connectivity index (χ0n) is 18.0. The maximum atomic E-state index is 11.2. The molecular formula is C26H32N4O+2. The molecule has 0 amide bonds. The fourth-order valence-corrected chi connectivity index (χ4v) is 5.12. The lowest BCUT2D eigenvalue weighted by Crippen LogP contribution is -3.13. The van der Waals surface area contributed by atoms with Crippen LogP contribution in [0.4, 0.5) is 5.95 Å². The van der Waals surface area contributed by atoms with Crippen LogP contribution in [0.15, 0.2) is 66.7 Å². The number of quaternary nitrogens is 1. The summed E-state index contributed by atoms with van der Waals surface area (Å²) in [5.74, 6) is 0.719. The van der Waals surface area contributed by atoms with Gasteiger partial charge in [-0.05, 0) is 47.7 Å². The molecule has 5 heteroatoms. The van der Waals surface area contributed by atoms with Gasteiger partial charge in [0, 0.05) is 0 Å². The lowest BCUT2D eigenvalue weighted by atomic mass is 10.0. The predicted molar refractivity (Wildman–Crippen MR) is 125 cm³/mol. The number of imidazole rings is 1. The minimum absolute atomic E-state index is 0.434. The van der Waals surface area contributed by atoms with Crippen LogP contribution in [0.2, 0.25) is 0 Å². The summed E-state index contributed by atoms with van der Waals surface area (Å²) in [4.78, 5) is 1.67. The molecule has 0 spiro atoms. The molecule has 1 saturated heterocycles. The Labute approximate surface area is 183 Å². The van der Waals surface area contributed by atoms with Crippen LogP contribution >= 0.6 is 0 Å². The zero-order chi connectivity index (χ0) is 21.2. The van der Waals surface area contributed by atoms with E-state index in [1.54, 1.807) is 4.90 Å². The maximum absolute atomic E-state index is 11.2. The molecule has 0 saturated carbocycles. The van der Waals surface area contributed by atoms with Crippen molar-refractivity contribution in [3.63, 3.8) is 0 Å². The summed E-state index contributed by atoms with van der Waals surface area (Å²) < 4.78 is 4.31. The lowest BCUT2D eigenvalue weighted by Gasteiger charge is -2.23. The molecule has 0 aliphatic carbocycles. The van der Waals surface area contributed by atoms with Crippen LogP contribution in [0, 0.1) is 0 Å². The normalized spacial score (nSPS) is 16.2. The summed E-state index contributed by atoms with van der Waals surface area (Å²) >= 11 is 0. The molecule has 5 nitrogen and oxygen atoms in total. The largest absolute Gasteiger partial charge is 0.385 e. The number of nitrogens with two attached hydrogens (primary N) is 1. The number of likely N-dealkylation sites (tertiary alicyclic amines) is 1. The summed E-state index contributed by atoms with van der Waals surface area (Å²) in [6.07, 6.45) is 3.39. The molecule has 1 aliphatic heterocycles. The zero-order valence-corrected chi connectivity index (χ0v) is 18.0. The number of aliphatic hydroxyl groups is 1. The first-order valence-electron chi connectivity index (χ1n) is 11.5. The van der Waals surface area contributed by atoms with Gasteiger partial charge >= 0.3 is 5.95 Å². The second-order valence-corrected chi connectivity index (χ2v) is 8.75. The molecule has 1 atom stereocenters. The number of aromatic nitrogens is 2. The number of fused-ring (bicyclic) bond motifs is 2. The number of hydrogen-bond acceptors (Lipinski definition) is 2. The molecule has 31 heavy (non-hydrogen) atoms. The highest BCUT2D eigenvalue weighted by Gasteiger charge is 2.25. The van der Waals surface area contributed by atoms with Crippen LogP contribution in [-0.4, -0.2) is 29.3 Å². The topological polar surface area (TPSA) is 59.5 Å². The summed E-state index contributed by atoms with van der Waals surface area (Å²) in [5, 5.41) is 13.4. The molecule has 4 N–H and O–H groups in total. The van der Waals surface area contributed by atoms with Gasteiger partial charge in [0.1, 0.15) is 36.8 Å². The molecule has 1 fully saturated rings. The van der Waals surface area contributed by atoms with E-state index in [0.29, 0.717) is 6.54 Å². The lowest BCUT2D eigenvalue weighted by molar-refractivity contribution is -0.905. The number of piperidine rings is 1. The van der Waals surface area contributed by atoms with Crippen molar-refractivity contribution in [2.75, 3.05) is 25.4 Å². The Morgan fingerprint density at radius 3 is 2.55 bits per heavy atom. The van der Waals surface area contributed by atoms with Gasteiger partial charge in [-0.1, -0.05) is 54.6 Å². The van der Waals surface area contributed by atoms with Gasteiger partial charge in [0.2, 0.25) is 0 Å². The van der Waals surface area contributed by atoms with Gasteiger partial charge in [-0.25, -0.2) is 9.13 Å². The van der Waals surface area contributed by atoms with Crippen molar-refractivity contribution < 1.29 is 14.6 Å². The summed E-state index contributed by atoms with van der Waals surface area (Å²) in [6.45, 7) is 4.95. The fraction of sp³-hybridized carbons (Fsp3) is 0.346. The molecule has 0 unspecified atom stereocenters. The van der Waals surface area contributed by atoms with Gasteiger partial charge in [-0.2, -0.15) is 0 Å². The minimum atomic E-state index is -0.634. The monoisotopic (exact) mass is 416 g/mol. The molecule has 160 valence electrons. The molecular weight excluding hydrogens is 384 g/mol. The van der Waals surface area contributed by atoms with Gasteiger partial charge in [-0.15, -0.1) is 0 Å². The number of para-hydroxylation sites is 2. The van der Waals surface area contributed by atoms with E-state index in [-0.39, 0.29) is 0 Å². The molecule has 3 aromatic carbocycles. The fourth-order valence-electron chi connectivity index (χ4n) is 5.12. The highest BCUT2D eigenvalue weighted by atomic mass is 16.3. The Morgan fingerprint density at radius 2 is 1.68 bits per heavy atom. The van der Waals surface area contributed by atoms with E-state index < -0.39 is 6.10 Å². The Bertz CT molecular complexity index is 1190. The smallest absolute Gasteiger partial charge is 0.356 e. The molecule has 0 radical (unpaired) electrons. The number of nitrogens with one attached hydrogen (secondary N) is 1. The molecule has 1 aliphatic rings. The number of rotatable bonds is 6. The molecule has 0 bridgehead atoms. The minimum Gasteiger partial charge on any atom is -0.385 e. The number of anilines is 1. The second-order valence-electron chi connectivity index (χ2n) is 8.75. The number of nitrogens with zero attached hydrogens (tertiary/aromatic N) is 2. The first-order valence-corrected chi connectivity index (χ1v) is 11.5. The Balaban J connectivity index is 1.46. The van der Waals surface area contributed by atoms with Crippen molar-refractivity contribution in [1.82, 2.24) is 4.57 Å². The maximum Gasteiger partial charge on any atom is 0.356 e. The summed E-state index contributed by atoms with van der Waals surface area (Å²) in [5.41, 5.74) is 9.84. The number of hydrogen-bond donors (Lipinski definition) is 3. The molecule has 2 heterocycles. The van der Waals surface area contributed by atoms with E-state index in [4.69, 9.17) is 5.73 Å². The van der Waals surface area contributed by atoms with E-state index in [1.807, 2.05) is 30.3 Å². The SMILES string of the molecule is Nc1n(CC[NH+]2CCCCC2)c2ccccc2[n+]1C[C@@H](O)c1cccc2ccccc12. The van der Waals surface area contributed by atoms with Crippen molar-refractivity contribution >= 4 is 27.8 Å². The van der Waals surface area contributed by atoms with Crippen LogP contribution in [0.1, 0.15) is 30.9 Å². The Hall–Kier alpha value is -2.89. The first-order chi connectivity index (χ1) is 15.2. The molecule has 1 aromatic heterocycles. The van der Waals surface area contributed by atoms with Gasteiger partial charge in [-0.3, -0.25) is 5.73 Å². The van der Waals surface area contributed by atoms with Crippen LogP contribution < -0.4 is 15.2 Å². The van der Waals surface area contributed by atoms with Gasteiger partial charge in [0.15, 0.2) is 0 Å². The third-order valence-electron chi connectivity index (χ3n) is 6.80. The average Bonchev–Trinajstić information content (AvgIpc) is 3.08. The Kier molecular flexibility index (Phi) is 5.62. The summed E-state index contributed by atoms with van der Waals surface area (Å²) in [6, 6.07) is 22.7. The average molecular weight is 417 g/mol. The molecule has 5 rings (SSSR count). The third kappa shape index (κ3) is 3.91.